The molecule has 1 aliphatic heterocycles. The van der Waals surface area contributed by atoms with Gasteiger partial charge in [0, 0.05) is 18.3 Å². The fourth-order valence-electron chi connectivity index (χ4n) is 3.12. The van der Waals surface area contributed by atoms with Crippen molar-refractivity contribution >= 4 is 10.0 Å². The Balaban J connectivity index is 1.92. The van der Waals surface area contributed by atoms with E-state index in [-0.39, 0.29) is 11.3 Å². The number of fused-ring (bicyclic) bond motifs is 1. The molecule has 0 aliphatic carbocycles. The summed E-state index contributed by atoms with van der Waals surface area (Å²) in [7, 11) is -2.75. The SMILES string of the molecule is CNCc1cc(-c2ccccc2F)n(S(=O)(=O)c2cccc3c2OC(F)(F)O3)c1. The van der Waals surface area contributed by atoms with Crippen LogP contribution in [0.4, 0.5) is 13.2 Å². The largest absolute Gasteiger partial charge is 0.586 e. The van der Waals surface area contributed by atoms with Crippen LogP contribution in [0.3, 0.4) is 0 Å². The smallest absolute Gasteiger partial charge is 0.395 e. The number of benzene rings is 2. The fourth-order valence-corrected chi connectivity index (χ4v) is 4.64. The summed E-state index contributed by atoms with van der Waals surface area (Å²) in [5, 5.41) is 2.89. The molecule has 1 aromatic heterocycles. The van der Waals surface area contributed by atoms with Crippen LogP contribution in [-0.2, 0) is 16.6 Å². The van der Waals surface area contributed by atoms with Gasteiger partial charge in [0.15, 0.2) is 11.5 Å². The van der Waals surface area contributed by atoms with E-state index in [0.29, 0.717) is 12.1 Å². The maximum absolute atomic E-state index is 14.4. The van der Waals surface area contributed by atoms with Gasteiger partial charge < -0.3 is 14.8 Å². The quantitative estimate of drug-likeness (QED) is 0.678. The molecule has 0 amide bonds. The van der Waals surface area contributed by atoms with Crippen LogP contribution in [0.2, 0.25) is 0 Å². The second kappa shape index (κ2) is 6.82. The van der Waals surface area contributed by atoms with Crippen molar-refractivity contribution in [1.29, 1.82) is 0 Å². The number of nitrogens with one attached hydrogen (secondary N) is 1. The van der Waals surface area contributed by atoms with E-state index < -0.39 is 38.5 Å². The number of nitrogens with zero attached hydrogens (tertiary/aromatic N) is 1. The molecular weight excluding hydrogens is 409 g/mol. The summed E-state index contributed by atoms with van der Waals surface area (Å²) in [4.78, 5) is -0.517. The van der Waals surface area contributed by atoms with Crippen molar-refractivity contribution in [3.63, 3.8) is 0 Å². The number of hydrogen-bond donors (Lipinski definition) is 1. The third-order valence-corrected chi connectivity index (χ3v) is 6.00. The minimum absolute atomic E-state index is 0.0495. The lowest BCUT2D eigenvalue weighted by Gasteiger charge is -2.13. The molecule has 0 bridgehead atoms. The predicted octanol–water partition coefficient (Wildman–Crippen LogP) is 3.57. The van der Waals surface area contributed by atoms with Gasteiger partial charge in [-0.3, -0.25) is 0 Å². The molecule has 0 saturated carbocycles. The molecule has 2 heterocycles. The average molecular weight is 424 g/mol. The Morgan fingerprint density at radius 1 is 1.10 bits per heavy atom. The molecule has 6 nitrogen and oxygen atoms in total. The van der Waals surface area contributed by atoms with E-state index in [4.69, 9.17) is 0 Å². The second-order valence-corrected chi connectivity index (χ2v) is 8.08. The zero-order valence-electron chi connectivity index (χ0n) is 15.0. The molecule has 0 saturated heterocycles. The molecule has 10 heteroatoms. The van der Waals surface area contributed by atoms with E-state index in [1.165, 1.54) is 42.6 Å². The lowest BCUT2D eigenvalue weighted by atomic mass is 10.1. The minimum atomic E-state index is -4.42. The number of hydrogen-bond acceptors (Lipinski definition) is 5. The van der Waals surface area contributed by atoms with E-state index in [1.807, 2.05) is 0 Å². The van der Waals surface area contributed by atoms with Crippen LogP contribution in [-0.4, -0.2) is 25.7 Å². The Labute approximate surface area is 164 Å². The number of alkyl halides is 2. The number of para-hydroxylation sites is 1. The van der Waals surface area contributed by atoms with Crippen molar-refractivity contribution in [1.82, 2.24) is 9.29 Å². The number of halogens is 3. The Morgan fingerprint density at radius 3 is 2.59 bits per heavy atom. The summed E-state index contributed by atoms with van der Waals surface area (Å²) in [6, 6.07) is 10.8. The van der Waals surface area contributed by atoms with Gasteiger partial charge in [0.1, 0.15) is 10.7 Å². The first-order chi connectivity index (χ1) is 13.7. The molecule has 0 unspecified atom stereocenters. The summed E-state index contributed by atoms with van der Waals surface area (Å²) in [6.45, 7) is 0.314. The monoisotopic (exact) mass is 424 g/mol. The number of rotatable bonds is 5. The van der Waals surface area contributed by atoms with Gasteiger partial charge in [0.2, 0.25) is 0 Å². The molecule has 4 rings (SSSR count). The summed E-state index contributed by atoms with van der Waals surface area (Å²) in [6.07, 6.45) is -2.67. The van der Waals surface area contributed by atoms with E-state index >= 15 is 0 Å². The van der Waals surface area contributed by atoms with E-state index in [1.54, 1.807) is 13.1 Å². The molecule has 0 atom stereocenters. The predicted molar refractivity (Wildman–Crippen MR) is 97.8 cm³/mol. The standard InChI is InChI=1S/C19H15F3N2O4S/c1-23-10-12-9-15(13-5-2-3-6-14(13)20)24(11-12)29(25,26)17-8-4-7-16-18(17)28-19(21,22)27-16/h2-9,11,23H,10H2,1H3. The molecule has 3 aromatic rings. The van der Waals surface area contributed by atoms with Gasteiger partial charge in [0.05, 0.1) is 5.69 Å². The fraction of sp³-hybridized carbons (Fsp3) is 0.158. The van der Waals surface area contributed by atoms with Gasteiger partial charge in [-0.15, -0.1) is 8.78 Å². The molecule has 29 heavy (non-hydrogen) atoms. The molecule has 0 fully saturated rings. The Bertz CT molecular complexity index is 1190. The molecule has 1 N–H and O–H groups in total. The molecule has 0 radical (unpaired) electrons. The maximum Gasteiger partial charge on any atom is 0.586 e. The van der Waals surface area contributed by atoms with Crippen LogP contribution in [0.5, 0.6) is 11.5 Å². The molecule has 0 spiro atoms. The van der Waals surface area contributed by atoms with Crippen LogP contribution < -0.4 is 14.8 Å². The first kappa shape index (κ1) is 19.3. The Morgan fingerprint density at radius 2 is 1.86 bits per heavy atom. The zero-order valence-corrected chi connectivity index (χ0v) is 15.8. The van der Waals surface area contributed by atoms with Gasteiger partial charge in [-0.05, 0) is 42.9 Å². The van der Waals surface area contributed by atoms with E-state index in [2.05, 4.69) is 14.8 Å². The number of aromatic nitrogens is 1. The Kier molecular flexibility index (Phi) is 4.55. The van der Waals surface area contributed by atoms with E-state index in [0.717, 1.165) is 10.0 Å². The van der Waals surface area contributed by atoms with Crippen LogP contribution in [0.25, 0.3) is 11.3 Å². The normalized spacial score (nSPS) is 14.9. The molecule has 152 valence electrons. The third kappa shape index (κ3) is 3.34. The summed E-state index contributed by atoms with van der Waals surface area (Å²) in [5.74, 6) is -1.62. The highest BCUT2D eigenvalue weighted by atomic mass is 32.2. The first-order valence-corrected chi connectivity index (χ1v) is 9.92. The van der Waals surface area contributed by atoms with Crippen LogP contribution in [0, 0.1) is 5.82 Å². The highest BCUT2D eigenvalue weighted by molar-refractivity contribution is 7.90. The lowest BCUT2D eigenvalue weighted by molar-refractivity contribution is -0.287. The third-order valence-electron chi connectivity index (χ3n) is 4.30. The van der Waals surface area contributed by atoms with E-state index in [9.17, 15) is 21.6 Å². The molecule has 1 aliphatic rings. The van der Waals surface area contributed by atoms with Crippen molar-refractivity contribution in [2.45, 2.75) is 17.7 Å². The van der Waals surface area contributed by atoms with Crippen LogP contribution in [0.1, 0.15) is 5.56 Å². The van der Waals surface area contributed by atoms with Crippen molar-refractivity contribution in [3.8, 4) is 22.8 Å². The minimum Gasteiger partial charge on any atom is -0.395 e. The van der Waals surface area contributed by atoms with Gasteiger partial charge in [0.25, 0.3) is 10.0 Å². The summed E-state index contributed by atoms with van der Waals surface area (Å²) < 4.78 is 77.8. The topological polar surface area (TPSA) is 69.6 Å². The van der Waals surface area contributed by atoms with Gasteiger partial charge in [-0.25, -0.2) is 16.8 Å². The number of ether oxygens (including phenoxy) is 2. The van der Waals surface area contributed by atoms with Gasteiger partial charge in [-0.1, -0.05) is 18.2 Å². The molecular formula is C19H15F3N2O4S. The molecule has 2 aromatic carbocycles. The second-order valence-electron chi connectivity index (χ2n) is 6.30. The average Bonchev–Trinajstić information content (AvgIpc) is 3.21. The van der Waals surface area contributed by atoms with Crippen LogP contribution in [0.15, 0.2) is 59.6 Å². The van der Waals surface area contributed by atoms with Crippen molar-refractivity contribution < 1.29 is 31.1 Å². The van der Waals surface area contributed by atoms with Crippen molar-refractivity contribution in [2.24, 2.45) is 0 Å². The maximum atomic E-state index is 14.4. The summed E-state index contributed by atoms with van der Waals surface area (Å²) in [5.41, 5.74) is 0.662. The lowest BCUT2D eigenvalue weighted by Crippen LogP contribution is -2.26. The summed E-state index contributed by atoms with van der Waals surface area (Å²) >= 11 is 0. The highest BCUT2D eigenvalue weighted by Crippen LogP contribution is 2.45. The first-order valence-electron chi connectivity index (χ1n) is 8.48. The van der Waals surface area contributed by atoms with Gasteiger partial charge in [-0.2, -0.15) is 0 Å². The van der Waals surface area contributed by atoms with Gasteiger partial charge >= 0.3 is 6.29 Å². The van der Waals surface area contributed by atoms with Crippen molar-refractivity contribution in [2.75, 3.05) is 7.05 Å². The van der Waals surface area contributed by atoms with Crippen molar-refractivity contribution in [3.05, 3.63) is 66.1 Å². The van der Waals surface area contributed by atoms with Crippen LogP contribution >= 0.6 is 0 Å². The zero-order chi connectivity index (χ0) is 20.8. The Hall–Kier alpha value is -2.98. The highest BCUT2D eigenvalue weighted by Gasteiger charge is 2.46.